The van der Waals surface area contributed by atoms with Crippen molar-refractivity contribution in [1.82, 2.24) is 5.32 Å². The number of rotatable bonds is 7. The van der Waals surface area contributed by atoms with Crippen molar-refractivity contribution in [3.05, 3.63) is 65.7 Å². The van der Waals surface area contributed by atoms with E-state index in [4.69, 9.17) is 0 Å². The van der Waals surface area contributed by atoms with Crippen LogP contribution in [0.25, 0.3) is 0 Å². The van der Waals surface area contributed by atoms with E-state index < -0.39 is 0 Å². The molecule has 1 unspecified atom stereocenters. The zero-order valence-corrected chi connectivity index (χ0v) is 13.1. The molecule has 0 amide bonds. The number of benzene rings is 2. The van der Waals surface area contributed by atoms with Crippen LogP contribution in [0.2, 0.25) is 0 Å². The molecule has 2 aromatic carbocycles. The molecule has 0 fully saturated rings. The van der Waals surface area contributed by atoms with Gasteiger partial charge in [0.1, 0.15) is 0 Å². The third kappa shape index (κ3) is 5.03. The van der Waals surface area contributed by atoms with Crippen LogP contribution in [0.3, 0.4) is 0 Å². The molecule has 0 saturated heterocycles. The van der Waals surface area contributed by atoms with Crippen LogP contribution >= 0.6 is 11.8 Å². The van der Waals surface area contributed by atoms with Crippen molar-refractivity contribution in [2.24, 2.45) is 0 Å². The maximum absolute atomic E-state index is 3.60. The van der Waals surface area contributed by atoms with Crippen molar-refractivity contribution < 1.29 is 0 Å². The van der Waals surface area contributed by atoms with Gasteiger partial charge < -0.3 is 5.32 Å². The second kappa shape index (κ2) is 8.13. The van der Waals surface area contributed by atoms with E-state index in [1.165, 1.54) is 22.4 Å². The average Bonchev–Trinajstić information content (AvgIpc) is 2.52. The lowest BCUT2D eigenvalue weighted by Gasteiger charge is -2.14. The van der Waals surface area contributed by atoms with Gasteiger partial charge in [-0.1, -0.05) is 42.5 Å². The molecule has 0 radical (unpaired) electrons. The second-order valence-corrected chi connectivity index (χ2v) is 6.03. The van der Waals surface area contributed by atoms with Crippen molar-refractivity contribution in [3.8, 4) is 0 Å². The first-order valence-corrected chi connectivity index (χ1v) is 8.40. The van der Waals surface area contributed by atoms with Crippen molar-refractivity contribution in [3.63, 3.8) is 0 Å². The summed E-state index contributed by atoms with van der Waals surface area (Å²) in [5, 5.41) is 3.60. The third-order valence-corrected chi connectivity index (χ3v) is 4.27. The normalized spacial score (nSPS) is 12.3. The van der Waals surface area contributed by atoms with Crippen LogP contribution in [0.15, 0.2) is 59.5 Å². The Balaban J connectivity index is 1.73. The molecule has 2 aromatic rings. The van der Waals surface area contributed by atoms with Gasteiger partial charge in [-0.05, 0) is 49.3 Å². The Morgan fingerprint density at radius 2 is 1.65 bits per heavy atom. The third-order valence-electron chi connectivity index (χ3n) is 3.52. The average molecular weight is 285 g/mol. The molecule has 0 bridgehead atoms. The Morgan fingerprint density at radius 3 is 2.30 bits per heavy atom. The Labute approximate surface area is 126 Å². The fraction of sp³-hybridized carbons (Fsp3) is 0.333. The molecule has 20 heavy (non-hydrogen) atoms. The highest BCUT2D eigenvalue weighted by molar-refractivity contribution is 7.98. The van der Waals surface area contributed by atoms with Crippen LogP contribution in [0.4, 0.5) is 0 Å². The first kappa shape index (κ1) is 15.1. The van der Waals surface area contributed by atoms with Gasteiger partial charge >= 0.3 is 0 Å². The molecule has 2 rings (SSSR count). The van der Waals surface area contributed by atoms with E-state index in [1.807, 2.05) is 0 Å². The molecule has 0 heterocycles. The second-order valence-electron chi connectivity index (χ2n) is 5.15. The number of nitrogens with one attached hydrogen (secondary N) is 1. The van der Waals surface area contributed by atoms with Crippen LogP contribution in [-0.4, -0.2) is 12.3 Å². The summed E-state index contributed by atoms with van der Waals surface area (Å²) < 4.78 is 0. The van der Waals surface area contributed by atoms with Crippen molar-refractivity contribution in [1.29, 1.82) is 0 Å². The summed E-state index contributed by atoms with van der Waals surface area (Å²) >= 11 is 1.79. The SMILES string of the molecule is CSc1ccc(CNC(C)CCc2ccccc2)cc1. The Kier molecular flexibility index (Phi) is 6.16. The van der Waals surface area contributed by atoms with Crippen molar-refractivity contribution in [2.75, 3.05) is 6.26 Å². The van der Waals surface area contributed by atoms with Gasteiger partial charge in [-0.15, -0.1) is 11.8 Å². The van der Waals surface area contributed by atoms with E-state index in [-0.39, 0.29) is 0 Å². The van der Waals surface area contributed by atoms with Crippen LogP contribution in [0, 0.1) is 0 Å². The fourth-order valence-corrected chi connectivity index (χ4v) is 2.57. The summed E-state index contributed by atoms with van der Waals surface area (Å²) in [6, 6.07) is 20.0. The molecule has 0 saturated carbocycles. The largest absolute Gasteiger partial charge is 0.310 e. The molecule has 2 heteroatoms. The molecule has 0 aliphatic rings. The van der Waals surface area contributed by atoms with Crippen molar-refractivity contribution in [2.45, 2.75) is 37.2 Å². The van der Waals surface area contributed by atoms with Gasteiger partial charge in [-0.3, -0.25) is 0 Å². The van der Waals surface area contributed by atoms with Crippen LogP contribution in [-0.2, 0) is 13.0 Å². The lowest BCUT2D eigenvalue weighted by atomic mass is 10.1. The Bertz CT molecular complexity index is 493. The van der Waals surface area contributed by atoms with Gasteiger partial charge in [-0.2, -0.15) is 0 Å². The minimum atomic E-state index is 0.537. The van der Waals surface area contributed by atoms with Gasteiger partial charge in [0.2, 0.25) is 0 Å². The highest BCUT2D eigenvalue weighted by Crippen LogP contribution is 2.15. The summed E-state index contributed by atoms with van der Waals surface area (Å²) in [5.74, 6) is 0. The van der Waals surface area contributed by atoms with Gasteiger partial charge in [0.05, 0.1) is 0 Å². The van der Waals surface area contributed by atoms with E-state index in [0.29, 0.717) is 6.04 Å². The summed E-state index contributed by atoms with van der Waals surface area (Å²) in [4.78, 5) is 1.32. The predicted molar refractivity (Wildman–Crippen MR) is 89.3 cm³/mol. The summed E-state index contributed by atoms with van der Waals surface area (Å²) in [5.41, 5.74) is 2.78. The molecule has 1 nitrogen and oxygen atoms in total. The molecule has 1 N–H and O–H groups in total. The van der Waals surface area contributed by atoms with Crippen LogP contribution < -0.4 is 5.32 Å². The van der Waals surface area contributed by atoms with Gasteiger partial charge in [0.15, 0.2) is 0 Å². The minimum Gasteiger partial charge on any atom is -0.310 e. The lowest BCUT2D eigenvalue weighted by molar-refractivity contribution is 0.514. The molecule has 0 aromatic heterocycles. The molecule has 106 valence electrons. The van der Waals surface area contributed by atoms with Gasteiger partial charge in [-0.25, -0.2) is 0 Å². The molecule has 0 aliphatic heterocycles. The number of hydrogen-bond acceptors (Lipinski definition) is 2. The molecule has 0 spiro atoms. The number of aryl methyl sites for hydroxylation is 1. The molecular weight excluding hydrogens is 262 g/mol. The maximum Gasteiger partial charge on any atom is 0.0207 e. The van der Waals surface area contributed by atoms with E-state index in [1.54, 1.807) is 11.8 Å². The summed E-state index contributed by atoms with van der Waals surface area (Å²) in [6.07, 6.45) is 4.42. The van der Waals surface area contributed by atoms with E-state index in [0.717, 1.165) is 13.0 Å². The number of hydrogen-bond donors (Lipinski definition) is 1. The number of thioether (sulfide) groups is 1. The molecule has 0 aliphatic carbocycles. The fourth-order valence-electron chi connectivity index (χ4n) is 2.17. The van der Waals surface area contributed by atoms with E-state index >= 15 is 0 Å². The zero-order chi connectivity index (χ0) is 14.2. The van der Waals surface area contributed by atoms with Crippen LogP contribution in [0.5, 0.6) is 0 Å². The predicted octanol–water partition coefficient (Wildman–Crippen LogP) is 4.52. The van der Waals surface area contributed by atoms with E-state index in [2.05, 4.69) is 73.1 Å². The Morgan fingerprint density at radius 1 is 0.950 bits per heavy atom. The monoisotopic (exact) mass is 285 g/mol. The zero-order valence-electron chi connectivity index (χ0n) is 12.3. The highest BCUT2D eigenvalue weighted by atomic mass is 32.2. The Hall–Kier alpha value is -1.25. The standard InChI is InChI=1S/C18H23NS/c1-15(8-9-16-6-4-3-5-7-16)19-14-17-10-12-18(20-2)13-11-17/h3-7,10-13,15,19H,8-9,14H2,1-2H3. The smallest absolute Gasteiger partial charge is 0.0207 e. The van der Waals surface area contributed by atoms with Crippen LogP contribution in [0.1, 0.15) is 24.5 Å². The quantitative estimate of drug-likeness (QED) is 0.751. The topological polar surface area (TPSA) is 12.0 Å². The molecule has 1 atom stereocenters. The van der Waals surface area contributed by atoms with Gasteiger partial charge in [0.25, 0.3) is 0 Å². The molecular formula is C18H23NS. The maximum atomic E-state index is 3.60. The van der Waals surface area contributed by atoms with Gasteiger partial charge in [0, 0.05) is 17.5 Å². The van der Waals surface area contributed by atoms with E-state index in [9.17, 15) is 0 Å². The highest BCUT2D eigenvalue weighted by Gasteiger charge is 2.02. The van der Waals surface area contributed by atoms with Crippen molar-refractivity contribution >= 4 is 11.8 Å². The summed E-state index contributed by atoms with van der Waals surface area (Å²) in [7, 11) is 0. The first-order valence-electron chi connectivity index (χ1n) is 7.18. The first-order chi connectivity index (χ1) is 9.78. The minimum absolute atomic E-state index is 0.537. The summed E-state index contributed by atoms with van der Waals surface area (Å²) in [6.45, 7) is 3.21. The lowest BCUT2D eigenvalue weighted by Crippen LogP contribution is -2.25.